The van der Waals surface area contributed by atoms with E-state index in [2.05, 4.69) is 0 Å². The molecule has 0 aliphatic heterocycles. The molecule has 2 nitrogen and oxygen atoms in total. The van der Waals surface area contributed by atoms with Gasteiger partial charge in [-0.25, -0.2) is 0 Å². The highest BCUT2D eigenvalue weighted by molar-refractivity contribution is 5.54. The lowest BCUT2D eigenvalue weighted by Gasteiger charge is -2.17. The van der Waals surface area contributed by atoms with Crippen LogP contribution in [-0.4, -0.2) is 10.2 Å². The summed E-state index contributed by atoms with van der Waals surface area (Å²) < 4.78 is 0. The first-order valence-electron chi connectivity index (χ1n) is 5.41. The predicted molar refractivity (Wildman–Crippen MR) is 62.7 cm³/mol. The van der Waals surface area contributed by atoms with Gasteiger partial charge in [-0.3, -0.25) is 0 Å². The van der Waals surface area contributed by atoms with Crippen LogP contribution >= 0.6 is 0 Å². The van der Waals surface area contributed by atoms with Crippen LogP contribution in [0.5, 0.6) is 11.5 Å². The molecule has 15 heavy (non-hydrogen) atoms. The van der Waals surface area contributed by atoms with Crippen LogP contribution < -0.4 is 0 Å². The van der Waals surface area contributed by atoms with E-state index < -0.39 is 0 Å². The fourth-order valence-electron chi connectivity index (χ4n) is 1.73. The Bertz CT molecular complexity index is 333. The zero-order valence-corrected chi connectivity index (χ0v) is 10.1. The van der Waals surface area contributed by atoms with Crippen molar-refractivity contribution in [1.29, 1.82) is 0 Å². The maximum Gasteiger partial charge on any atom is 0.125 e. The average molecular weight is 208 g/mol. The fourth-order valence-corrected chi connectivity index (χ4v) is 1.73. The van der Waals surface area contributed by atoms with Gasteiger partial charge in [-0.15, -0.1) is 0 Å². The van der Waals surface area contributed by atoms with Gasteiger partial charge < -0.3 is 10.2 Å². The molecular formula is C13H20O2. The van der Waals surface area contributed by atoms with Gasteiger partial charge in [-0.2, -0.15) is 0 Å². The normalized spacial score (nSPS) is 11.4. The van der Waals surface area contributed by atoms with Crippen molar-refractivity contribution in [3.63, 3.8) is 0 Å². The van der Waals surface area contributed by atoms with Crippen LogP contribution in [-0.2, 0) is 0 Å². The van der Waals surface area contributed by atoms with Crippen LogP contribution in [0.1, 0.15) is 56.2 Å². The lowest BCUT2D eigenvalue weighted by Crippen LogP contribution is -1.97. The zero-order valence-electron chi connectivity index (χ0n) is 10.1. The largest absolute Gasteiger partial charge is 0.507 e. The van der Waals surface area contributed by atoms with Crippen LogP contribution in [0.3, 0.4) is 0 Å². The Morgan fingerprint density at radius 2 is 1.20 bits per heavy atom. The third-order valence-electron chi connectivity index (χ3n) is 2.81. The zero-order chi connectivity index (χ0) is 11.7. The summed E-state index contributed by atoms with van der Waals surface area (Å²) in [7, 11) is 0. The molecule has 0 aromatic heterocycles. The first-order valence-corrected chi connectivity index (χ1v) is 5.41. The van der Waals surface area contributed by atoms with Crippen molar-refractivity contribution in [2.45, 2.75) is 46.5 Å². The van der Waals surface area contributed by atoms with E-state index in [1.54, 1.807) is 6.92 Å². The first kappa shape index (κ1) is 11.9. The van der Waals surface area contributed by atoms with Crippen molar-refractivity contribution in [2.75, 3.05) is 0 Å². The van der Waals surface area contributed by atoms with Gasteiger partial charge in [0.25, 0.3) is 0 Å². The molecule has 0 radical (unpaired) electrons. The van der Waals surface area contributed by atoms with Crippen molar-refractivity contribution >= 4 is 0 Å². The summed E-state index contributed by atoms with van der Waals surface area (Å²) in [5, 5.41) is 19.8. The van der Waals surface area contributed by atoms with E-state index in [-0.39, 0.29) is 23.3 Å². The van der Waals surface area contributed by atoms with Crippen LogP contribution in [0.2, 0.25) is 0 Å². The molecule has 2 N–H and O–H groups in total. The number of hydrogen-bond acceptors (Lipinski definition) is 2. The fraction of sp³-hybridized carbons (Fsp3) is 0.538. The molecular weight excluding hydrogens is 188 g/mol. The van der Waals surface area contributed by atoms with Crippen LogP contribution in [0.4, 0.5) is 0 Å². The van der Waals surface area contributed by atoms with Gasteiger partial charge in [0.15, 0.2) is 0 Å². The summed E-state index contributed by atoms with van der Waals surface area (Å²) in [5.41, 5.74) is 2.41. The van der Waals surface area contributed by atoms with Gasteiger partial charge in [0.2, 0.25) is 0 Å². The second kappa shape index (κ2) is 4.13. The molecule has 1 aromatic carbocycles. The minimum Gasteiger partial charge on any atom is -0.507 e. The Morgan fingerprint density at radius 1 is 0.867 bits per heavy atom. The summed E-state index contributed by atoms with van der Waals surface area (Å²) in [6.45, 7) is 9.90. The van der Waals surface area contributed by atoms with Crippen molar-refractivity contribution < 1.29 is 10.2 Å². The Morgan fingerprint density at radius 3 is 1.47 bits per heavy atom. The SMILES string of the molecule is Cc1c(O)c(C(C)C)cc(C(C)C)c1O. The Kier molecular flexibility index (Phi) is 3.28. The van der Waals surface area contributed by atoms with E-state index in [1.165, 1.54) is 0 Å². The summed E-state index contributed by atoms with van der Waals surface area (Å²) in [4.78, 5) is 0. The number of phenolic OH excluding ortho intramolecular Hbond substituents is 2. The summed E-state index contributed by atoms with van der Waals surface area (Å²) >= 11 is 0. The number of rotatable bonds is 2. The Hall–Kier alpha value is -1.18. The molecule has 0 saturated heterocycles. The van der Waals surface area contributed by atoms with Crippen molar-refractivity contribution in [3.05, 3.63) is 22.8 Å². The Labute approximate surface area is 91.6 Å². The number of aromatic hydroxyl groups is 2. The molecule has 1 aromatic rings. The predicted octanol–water partition coefficient (Wildman–Crippen LogP) is 3.65. The first-order chi connectivity index (χ1) is 6.86. The topological polar surface area (TPSA) is 40.5 Å². The van der Waals surface area contributed by atoms with Gasteiger partial charge in [-0.05, 0) is 36.0 Å². The Balaban J connectivity index is 3.45. The summed E-state index contributed by atoms with van der Waals surface area (Å²) in [6, 6.07) is 1.91. The highest BCUT2D eigenvalue weighted by atomic mass is 16.3. The smallest absolute Gasteiger partial charge is 0.125 e. The van der Waals surface area contributed by atoms with Crippen LogP contribution in [0, 0.1) is 6.92 Å². The molecule has 0 fully saturated rings. The third kappa shape index (κ3) is 2.09. The second-order valence-corrected chi connectivity index (χ2v) is 4.69. The van der Waals surface area contributed by atoms with E-state index in [1.807, 2.05) is 33.8 Å². The van der Waals surface area contributed by atoms with Gasteiger partial charge >= 0.3 is 0 Å². The molecule has 0 saturated carbocycles. The molecule has 0 atom stereocenters. The monoisotopic (exact) mass is 208 g/mol. The lowest BCUT2D eigenvalue weighted by molar-refractivity contribution is 0.430. The second-order valence-electron chi connectivity index (χ2n) is 4.69. The molecule has 0 aliphatic rings. The molecule has 0 aliphatic carbocycles. The maximum absolute atomic E-state index is 9.90. The van der Waals surface area contributed by atoms with E-state index in [0.717, 1.165) is 11.1 Å². The van der Waals surface area contributed by atoms with E-state index >= 15 is 0 Å². The maximum atomic E-state index is 9.90. The van der Waals surface area contributed by atoms with E-state index in [4.69, 9.17) is 0 Å². The number of hydrogen-bond donors (Lipinski definition) is 2. The number of benzene rings is 1. The highest BCUT2D eigenvalue weighted by Crippen LogP contribution is 2.39. The summed E-state index contributed by atoms with van der Waals surface area (Å²) in [5.74, 6) is 0.988. The van der Waals surface area contributed by atoms with Crippen molar-refractivity contribution in [3.8, 4) is 11.5 Å². The standard InChI is InChI=1S/C13H20O2/c1-7(2)10-6-11(8(3)4)13(15)9(5)12(10)14/h6-8,14-15H,1-5H3. The molecule has 0 heterocycles. The summed E-state index contributed by atoms with van der Waals surface area (Å²) in [6.07, 6.45) is 0. The van der Waals surface area contributed by atoms with Gasteiger partial charge in [-0.1, -0.05) is 27.7 Å². The van der Waals surface area contributed by atoms with Gasteiger partial charge in [0.05, 0.1) is 0 Å². The molecule has 0 spiro atoms. The third-order valence-corrected chi connectivity index (χ3v) is 2.81. The minimum absolute atomic E-state index is 0.229. The molecule has 0 unspecified atom stereocenters. The van der Waals surface area contributed by atoms with Gasteiger partial charge in [0.1, 0.15) is 11.5 Å². The minimum atomic E-state index is 0.229. The number of phenols is 2. The molecule has 1 rings (SSSR count). The van der Waals surface area contributed by atoms with Crippen LogP contribution in [0.25, 0.3) is 0 Å². The van der Waals surface area contributed by atoms with Gasteiger partial charge in [0, 0.05) is 5.56 Å². The molecule has 0 bridgehead atoms. The van der Waals surface area contributed by atoms with E-state index in [9.17, 15) is 10.2 Å². The lowest BCUT2D eigenvalue weighted by atomic mass is 9.91. The van der Waals surface area contributed by atoms with E-state index in [0.29, 0.717) is 5.56 Å². The average Bonchev–Trinajstić information content (AvgIpc) is 2.13. The van der Waals surface area contributed by atoms with Crippen molar-refractivity contribution in [1.82, 2.24) is 0 Å². The highest BCUT2D eigenvalue weighted by Gasteiger charge is 2.17. The molecule has 0 amide bonds. The molecule has 84 valence electrons. The van der Waals surface area contributed by atoms with Crippen molar-refractivity contribution in [2.24, 2.45) is 0 Å². The van der Waals surface area contributed by atoms with Crippen LogP contribution in [0.15, 0.2) is 6.07 Å². The molecule has 2 heteroatoms. The quantitative estimate of drug-likeness (QED) is 0.778.